The van der Waals surface area contributed by atoms with Crippen molar-refractivity contribution in [3.05, 3.63) is 45.2 Å². The predicted molar refractivity (Wildman–Crippen MR) is 152 cm³/mol. The molecule has 3 heterocycles. The molecule has 4 bridgehead atoms. The number of para-hydroxylation sites is 2. The molecule has 2 saturated carbocycles. The largest absolute Gasteiger partial charge is 0.466 e. The number of benzene rings is 1. The van der Waals surface area contributed by atoms with Crippen LogP contribution in [0.15, 0.2) is 34.2 Å². The van der Waals surface area contributed by atoms with Crippen LogP contribution in [0.1, 0.15) is 95.3 Å². The first kappa shape index (κ1) is 27.5. The van der Waals surface area contributed by atoms with E-state index < -0.39 is 12.0 Å². The number of ether oxygens (including phenoxy) is 2. The van der Waals surface area contributed by atoms with Crippen LogP contribution in [-0.4, -0.2) is 58.4 Å². The van der Waals surface area contributed by atoms with E-state index in [-0.39, 0.29) is 48.8 Å². The maximum absolute atomic E-state index is 14.1. The summed E-state index contributed by atoms with van der Waals surface area (Å²) in [4.78, 5) is 45.4. The number of aromatic nitrogens is 2. The monoisotopic (exact) mass is 550 g/mol. The quantitative estimate of drug-likeness (QED) is 0.324. The van der Waals surface area contributed by atoms with Gasteiger partial charge in [-0.15, -0.1) is 0 Å². The summed E-state index contributed by atoms with van der Waals surface area (Å²) in [5.74, 6) is 1.30. The molecule has 2 aromatic rings. The Morgan fingerprint density at radius 2 is 1.73 bits per heavy atom. The van der Waals surface area contributed by atoms with E-state index in [9.17, 15) is 14.5 Å². The summed E-state index contributed by atoms with van der Waals surface area (Å²) in [5.41, 5.74) is 1.31. The lowest BCUT2D eigenvalue weighted by molar-refractivity contribution is -0.143. The zero-order chi connectivity index (χ0) is 27.6. The van der Waals surface area contributed by atoms with Crippen molar-refractivity contribution in [2.75, 3.05) is 19.8 Å². The number of esters is 1. The van der Waals surface area contributed by atoms with Crippen LogP contribution in [0.5, 0.6) is 0 Å². The third-order valence-corrected chi connectivity index (χ3v) is 9.88. The van der Waals surface area contributed by atoms with Crippen LogP contribution in [0.2, 0.25) is 0 Å². The molecule has 2 saturated heterocycles. The Hall–Kier alpha value is -2.65. The third-order valence-electron chi connectivity index (χ3n) is 9.88. The Bertz CT molecular complexity index is 1250. The van der Waals surface area contributed by atoms with Gasteiger partial charge in [-0.1, -0.05) is 43.0 Å². The van der Waals surface area contributed by atoms with Crippen molar-refractivity contribution in [1.82, 2.24) is 14.5 Å². The number of nitrogens with zero attached hydrogens (tertiary/aromatic N) is 4. The maximum Gasteiger partial charge on any atom is 0.305 e. The van der Waals surface area contributed by atoms with E-state index in [2.05, 4.69) is 15.1 Å². The minimum atomic E-state index is -0.999. The van der Waals surface area contributed by atoms with Gasteiger partial charge in [0, 0.05) is 30.6 Å². The van der Waals surface area contributed by atoms with Crippen LogP contribution in [0.3, 0.4) is 0 Å². The second kappa shape index (κ2) is 12.1. The van der Waals surface area contributed by atoms with Crippen molar-refractivity contribution in [3.8, 4) is 0 Å². The highest BCUT2D eigenvalue weighted by atomic mass is 16.5. The van der Waals surface area contributed by atoms with Gasteiger partial charge < -0.3 is 14.0 Å². The number of morpholine rings is 1. The Morgan fingerprint density at radius 1 is 1.02 bits per heavy atom. The highest BCUT2D eigenvalue weighted by molar-refractivity contribution is 5.75. The average molecular weight is 551 g/mol. The van der Waals surface area contributed by atoms with Gasteiger partial charge in [0.1, 0.15) is 11.7 Å². The van der Waals surface area contributed by atoms with Crippen molar-refractivity contribution >= 4 is 17.0 Å². The first-order chi connectivity index (χ1) is 19.6. The summed E-state index contributed by atoms with van der Waals surface area (Å²) in [6, 6.07) is 7.78. The Balaban J connectivity index is 1.30. The molecule has 9 nitrogen and oxygen atoms in total. The number of nitroso groups, excluding NO2 is 1. The van der Waals surface area contributed by atoms with Crippen molar-refractivity contribution in [3.63, 3.8) is 0 Å². The number of rotatable bonds is 8. The van der Waals surface area contributed by atoms with E-state index in [0.29, 0.717) is 24.8 Å². The molecule has 4 fully saturated rings. The molecule has 2 aliphatic carbocycles. The predicted octanol–water partition coefficient (Wildman–Crippen LogP) is 5.31. The van der Waals surface area contributed by atoms with Gasteiger partial charge in [-0.05, 0) is 69.4 Å². The molecule has 4 aliphatic rings. The number of carbonyl (C=O) groups excluding carboxylic acids is 1. The molecular formula is C31H42N4O5. The number of fused-ring (bicyclic) bond motifs is 5. The fourth-order valence-corrected chi connectivity index (χ4v) is 8.31. The van der Waals surface area contributed by atoms with E-state index >= 15 is 0 Å². The van der Waals surface area contributed by atoms with Gasteiger partial charge in [-0.3, -0.25) is 14.5 Å². The molecule has 2 aliphatic heterocycles. The van der Waals surface area contributed by atoms with Crippen LogP contribution in [0, 0.1) is 16.7 Å². The average Bonchev–Trinajstić information content (AvgIpc) is 3.12. The van der Waals surface area contributed by atoms with Crippen LogP contribution in [0.4, 0.5) is 0 Å². The number of hydrogen-bond acceptors (Lipinski definition) is 8. The SMILES string of the molecule is CCOC(=O)CCC(N=O)c1nc2ccccc2n(C2CC3COCC(C2)N3C2CC3CCCCC(C3)C2)c1=O. The lowest BCUT2D eigenvalue weighted by atomic mass is 9.75. The second-order valence-electron chi connectivity index (χ2n) is 12.4. The van der Waals surface area contributed by atoms with Gasteiger partial charge in [0.2, 0.25) is 0 Å². The Morgan fingerprint density at radius 3 is 2.40 bits per heavy atom. The topological polar surface area (TPSA) is 103 Å². The normalized spacial score (nSPS) is 31.3. The van der Waals surface area contributed by atoms with E-state index in [1.807, 2.05) is 28.8 Å². The summed E-state index contributed by atoms with van der Waals surface area (Å²) in [5, 5.41) is 3.25. The molecule has 216 valence electrons. The summed E-state index contributed by atoms with van der Waals surface area (Å²) in [6.45, 7) is 3.40. The fraction of sp³-hybridized carbons (Fsp3) is 0.710. The molecule has 1 aromatic carbocycles. The zero-order valence-corrected chi connectivity index (χ0v) is 23.6. The fourth-order valence-electron chi connectivity index (χ4n) is 8.31. The first-order valence-electron chi connectivity index (χ1n) is 15.4. The third kappa shape index (κ3) is 5.47. The number of hydrogen-bond donors (Lipinski definition) is 0. The number of carbonyl (C=O) groups is 1. The maximum atomic E-state index is 14.1. The lowest BCUT2D eigenvalue weighted by Crippen LogP contribution is -2.62. The summed E-state index contributed by atoms with van der Waals surface area (Å²) < 4.78 is 13.0. The molecule has 0 radical (unpaired) electrons. The van der Waals surface area contributed by atoms with Gasteiger partial charge >= 0.3 is 5.97 Å². The van der Waals surface area contributed by atoms with E-state index in [1.165, 1.54) is 44.9 Å². The molecule has 1 aromatic heterocycles. The number of piperidine rings is 1. The van der Waals surface area contributed by atoms with Crippen molar-refractivity contribution < 1.29 is 14.3 Å². The standard InChI is InChI=1S/C31H42N4O5/c1-2-40-29(36)12-11-27(33-38)30-31(37)35(28-10-6-5-9-26(28)32-30)23-16-24-18-39-19-25(17-23)34(24)22-14-20-7-3-4-8-21(13-20)15-22/h5-6,9-10,20-25,27H,2-4,7-8,11-19H2,1H3. The van der Waals surface area contributed by atoms with Crippen LogP contribution in [-0.2, 0) is 14.3 Å². The molecule has 0 spiro atoms. The van der Waals surface area contributed by atoms with Crippen LogP contribution in [0.25, 0.3) is 11.0 Å². The summed E-state index contributed by atoms with van der Waals surface area (Å²) >= 11 is 0. The highest BCUT2D eigenvalue weighted by Crippen LogP contribution is 2.45. The van der Waals surface area contributed by atoms with Gasteiger partial charge in [0.05, 0.1) is 30.9 Å². The molecular weight excluding hydrogens is 508 g/mol. The zero-order valence-electron chi connectivity index (χ0n) is 23.6. The van der Waals surface area contributed by atoms with Crippen LogP contribution >= 0.6 is 0 Å². The highest BCUT2D eigenvalue weighted by Gasteiger charge is 2.46. The van der Waals surface area contributed by atoms with Crippen molar-refractivity contribution in [2.45, 2.75) is 108 Å². The molecule has 5 unspecified atom stereocenters. The van der Waals surface area contributed by atoms with Gasteiger partial charge in [0.15, 0.2) is 0 Å². The van der Waals surface area contributed by atoms with Gasteiger partial charge in [-0.2, -0.15) is 4.91 Å². The minimum absolute atomic E-state index is 0.0153. The van der Waals surface area contributed by atoms with Crippen molar-refractivity contribution in [2.24, 2.45) is 17.0 Å². The molecule has 40 heavy (non-hydrogen) atoms. The van der Waals surface area contributed by atoms with Gasteiger partial charge in [0.25, 0.3) is 5.56 Å². The molecule has 9 heteroatoms. The van der Waals surface area contributed by atoms with Gasteiger partial charge in [-0.25, -0.2) is 4.98 Å². The first-order valence-corrected chi connectivity index (χ1v) is 15.4. The molecule has 5 atom stereocenters. The van der Waals surface area contributed by atoms with E-state index in [1.54, 1.807) is 6.92 Å². The lowest BCUT2D eigenvalue weighted by Gasteiger charge is -2.54. The molecule has 0 N–H and O–H groups in total. The Labute approximate surface area is 235 Å². The summed E-state index contributed by atoms with van der Waals surface area (Å²) in [6.07, 6.45) is 11.3. The van der Waals surface area contributed by atoms with E-state index in [0.717, 1.165) is 30.2 Å². The van der Waals surface area contributed by atoms with Crippen molar-refractivity contribution in [1.29, 1.82) is 0 Å². The minimum Gasteiger partial charge on any atom is -0.466 e. The molecule has 6 rings (SSSR count). The smallest absolute Gasteiger partial charge is 0.305 e. The Kier molecular flexibility index (Phi) is 8.30. The summed E-state index contributed by atoms with van der Waals surface area (Å²) in [7, 11) is 0. The molecule has 0 amide bonds. The van der Waals surface area contributed by atoms with E-state index in [4.69, 9.17) is 9.47 Å². The second-order valence-corrected chi connectivity index (χ2v) is 12.4. The van der Waals surface area contributed by atoms with Crippen LogP contribution < -0.4 is 5.56 Å².